The van der Waals surface area contributed by atoms with Crippen LogP contribution in [-0.2, 0) is 42.9 Å². The van der Waals surface area contributed by atoms with Crippen LogP contribution in [0.3, 0.4) is 0 Å². The lowest BCUT2D eigenvalue weighted by Gasteiger charge is -2.42. The fourth-order valence-corrected chi connectivity index (χ4v) is 2.83. The van der Waals surface area contributed by atoms with Gasteiger partial charge in [0.2, 0.25) is 19.6 Å². The number of hydrogen-bond donors (Lipinski definition) is 1. The second kappa shape index (κ2) is 15.0. The van der Waals surface area contributed by atoms with Crippen LogP contribution in [0.25, 0.3) is 0 Å². The summed E-state index contributed by atoms with van der Waals surface area (Å²) in [6, 6.07) is 0. The van der Waals surface area contributed by atoms with Crippen LogP contribution in [0.2, 0.25) is 0 Å². The van der Waals surface area contributed by atoms with Crippen molar-refractivity contribution in [3.05, 3.63) is 43.0 Å². The van der Waals surface area contributed by atoms with Gasteiger partial charge in [-0.3, -0.25) is 44.7 Å². The molecule has 1 aliphatic rings. The largest absolute Gasteiger partial charge is 0.463 e. The number of aliphatic hydroxyl groups excluding tert-OH is 1. The first kappa shape index (κ1) is 30.8. The number of carbonyl (C=O) groups is 4. The van der Waals surface area contributed by atoms with Crippen molar-refractivity contribution < 1.29 is 62.7 Å². The minimum absolute atomic E-state index is 0.658. The van der Waals surface area contributed by atoms with Gasteiger partial charge in [0.1, 0.15) is 32.0 Å². The van der Waals surface area contributed by atoms with E-state index in [1.54, 1.807) is 0 Å². The molecule has 1 aliphatic heterocycles. The average Bonchev–Trinajstić information content (AvgIpc) is 2.82. The Morgan fingerprint density at radius 3 is 1.70 bits per heavy atom. The highest BCUT2D eigenvalue weighted by molar-refractivity contribution is 5.81. The number of ether oxygens (including phenoxy) is 5. The van der Waals surface area contributed by atoms with Gasteiger partial charge in [-0.15, -0.1) is 0 Å². The lowest BCUT2D eigenvalue weighted by molar-refractivity contribution is -0.479. The van der Waals surface area contributed by atoms with Crippen LogP contribution < -0.4 is 0 Å². The van der Waals surface area contributed by atoms with Gasteiger partial charge in [0, 0.05) is 20.8 Å². The molecule has 5 atom stereocenters. The van der Waals surface area contributed by atoms with Crippen LogP contribution in [0.5, 0.6) is 0 Å². The average molecular weight is 537 g/mol. The van der Waals surface area contributed by atoms with Crippen molar-refractivity contribution in [1.29, 1.82) is 0 Å². The van der Waals surface area contributed by atoms with Gasteiger partial charge in [-0.25, -0.2) is 4.79 Å². The quantitative estimate of drug-likeness (QED) is 0.0791. The van der Waals surface area contributed by atoms with Gasteiger partial charge in [0.05, 0.1) is 0 Å². The molecule has 0 spiro atoms. The Morgan fingerprint density at radius 1 is 0.784 bits per heavy atom. The zero-order valence-electron chi connectivity index (χ0n) is 19.0. The van der Waals surface area contributed by atoms with E-state index in [0.717, 1.165) is 0 Å². The van der Waals surface area contributed by atoms with Crippen molar-refractivity contribution in [2.75, 3.05) is 26.2 Å². The van der Waals surface area contributed by atoms with E-state index in [4.69, 9.17) is 23.7 Å². The minimum atomic E-state index is -2.09. The summed E-state index contributed by atoms with van der Waals surface area (Å²) >= 11 is 0. The SMILES string of the molecule is C=CC(=O)OC1C(O)OC(COC(=O)CC[N+](=O)[O-])C(OC(=O)CC[N+](=O)[O-])C1OC(=O)CC[N+](=O)[O-]. The molecule has 1 saturated heterocycles. The van der Waals surface area contributed by atoms with Crippen molar-refractivity contribution in [2.24, 2.45) is 0 Å². The molecule has 0 aromatic heterocycles. The Balaban J connectivity index is 3.24. The second-order valence-corrected chi connectivity index (χ2v) is 7.18. The third-order valence-corrected chi connectivity index (χ3v) is 4.47. The Kier molecular flexibility index (Phi) is 12.5. The molecule has 1 fully saturated rings. The number of esters is 4. The first-order valence-corrected chi connectivity index (χ1v) is 10.4. The summed E-state index contributed by atoms with van der Waals surface area (Å²) in [6.07, 6.45) is -10.9. The first-order chi connectivity index (χ1) is 17.3. The second-order valence-electron chi connectivity index (χ2n) is 7.18. The molecule has 0 radical (unpaired) electrons. The van der Waals surface area contributed by atoms with Crippen molar-refractivity contribution in [2.45, 2.75) is 50.0 Å². The molecule has 5 unspecified atom stereocenters. The summed E-state index contributed by atoms with van der Waals surface area (Å²) in [5, 5.41) is 41.9. The highest BCUT2D eigenvalue weighted by Crippen LogP contribution is 2.28. The predicted octanol–water partition coefficient (Wildman–Crippen LogP) is -1.83. The number of carbonyl (C=O) groups excluding carboxylic acids is 4. The Bertz CT molecular complexity index is 907. The number of aliphatic hydroxyl groups is 1. The Labute approximate surface area is 206 Å². The fourth-order valence-electron chi connectivity index (χ4n) is 2.83. The van der Waals surface area contributed by atoms with Gasteiger partial charge >= 0.3 is 23.9 Å². The van der Waals surface area contributed by atoms with Crippen LogP contribution in [0.15, 0.2) is 12.7 Å². The van der Waals surface area contributed by atoms with Gasteiger partial charge < -0.3 is 28.8 Å². The molecule has 19 heteroatoms. The van der Waals surface area contributed by atoms with Gasteiger partial charge in [-0.1, -0.05) is 6.58 Å². The number of hydrogen-bond acceptors (Lipinski definition) is 16. The first-order valence-electron chi connectivity index (χ1n) is 10.4. The maximum absolute atomic E-state index is 12.2. The normalized spacial score (nSPS) is 22.7. The maximum Gasteiger partial charge on any atom is 0.330 e. The maximum atomic E-state index is 12.2. The molecule has 0 aromatic carbocycles. The molecule has 0 saturated carbocycles. The van der Waals surface area contributed by atoms with E-state index >= 15 is 0 Å². The summed E-state index contributed by atoms with van der Waals surface area (Å²) in [4.78, 5) is 77.1. The van der Waals surface area contributed by atoms with Crippen LogP contribution >= 0.6 is 0 Å². The lowest BCUT2D eigenvalue weighted by atomic mass is 9.98. The predicted molar refractivity (Wildman–Crippen MR) is 111 cm³/mol. The van der Waals surface area contributed by atoms with Crippen molar-refractivity contribution in [3.8, 4) is 0 Å². The van der Waals surface area contributed by atoms with Crippen LogP contribution in [0, 0.1) is 30.3 Å². The number of nitrogens with zero attached hydrogens (tertiary/aromatic N) is 3. The van der Waals surface area contributed by atoms with Gasteiger partial charge in [0.15, 0.2) is 24.6 Å². The van der Waals surface area contributed by atoms with E-state index in [-0.39, 0.29) is 0 Å². The summed E-state index contributed by atoms with van der Waals surface area (Å²) in [5.41, 5.74) is 0. The molecule has 0 amide bonds. The minimum Gasteiger partial charge on any atom is -0.463 e. The molecular weight excluding hydrogens is 514 g/mol. The lowest BCUT2D eigenvalue weighted by Crippen LogP contribution is -2.62. The molecule has 1 rings (SSSR count). The molecule has 19 nitrogen and oxygen atoms in total. The van der Waals surface area contributed by atoms with E-state index in [1.807, 2.05) is 0 Å². The van der Waals surface area contributed by atoms with E-state index in [0.29, 0.717) is 6.08 Å². The van der Waals surface area contributed by atoms with E-state index in [1.165, 1.54) is 0 Å². The number of rotatable bonds is 15. The molecule has 0 bridgehead atoms. The molecule has 37 heavy (non-hydrogen) atoms. The van der Waals surface area contributed by atoms with Crippen LogP contribution in [0.4, 0.5) is 0 Å². The topological polar surface area (TPSA) is 264 Å². The summed E-state index contributed by atoms with van der Waals surface area (Å²) in [5.74, 6) is -4.72. The zero-order valence-corrected chi connectivity index (χ0v) is 19.0. The Hall–Kier alpha value is -4.26. The monoisotopic (exact) mass is 537 g/mol. The third kappa shape index (κ3) is 11.3. The molecule has 206 valence electrons. The van der Waals surface area contributed by atoms with E-state index < -0.39 is 115 Å². The zero-order chi connectivity index (χ0) is 28.1. The molecule has 0 aromatic rings. The Morgan fingerprint density at radius 2 is 1.24 bits per heavy atom. The summed E-state index contributed by atoms with van der Waals surface area (Å²) in [7, 11) is 0. The standard InChI is InChI=1S/C18H23N3O16/c1-2-11(22)35-17-16(37-14(25)5-8-21(31)32)15(36-13(24)4-7-20(29)30)10(34-18(17)26)9-33-12(23)3-6-19(27)28/h2,10,15-18,26H,1,3-9H2. The summed E-state index contributed by atoms with van der Waals surface area (Å²) < 4.78 is 25.1. The van der Waals surface area contributed by atoms with Crippen molar-refractivity contribution >= 4 is 23.9 Å². The van der Waals surface area contributed by atoms with Gasteiger partial charge in [-0.2, -0.15) is 0 Å². The fraction of sp³-hybridized carbons (Fsp3) is 0.667. The van der Waals surface area contributed by atoms with Crippen LogP contribution in [-0.4, -0.2) is 101 Å². The van der Waals surface area contributed by atoms with E-state index in [2.05, 4.69) is 6.58 Å². The molecule has 1 N–H and O–H groups in total. The smallest absolute Gasteiger partial charge is 0.330 e. The highest BCUT2D eigenvalue weighted by Gasteiger charge is 2.52. The van der Waals surface area contributed by atoms with Crippen molar-refractivity contribution in [1.82, 2.24) is 0 Å². The number of nitro groups is 3. The molecule has 0 aliphatic carbocycles. The van der Waals surface area contributed by atoms with Crippen LogP contribution in [0.1, 0.15) is 19.3 Å². The van der Waals surface area contributed by atoms with Gasteiger partial charge in [0.25, 0.3) is 0 Å². The molecular formula is C18H23N3O16. The van der Waals surface area contributed by atoms with Crippen molar-refractivity contribution in [3.63, 3.8) is 0 Å². The molecule has 1 heterocycles. The van der Waals surface area contributed by atoms with E-state index in [9.17, 15) is 54.6 Å². The van der Waals surface area contributed by atoms with Gasteiger partial charge in [-0.05, 0) is 0 Å². The summed E-state index contributed by atoms with van der Waals surface area (Å²) in [6.45, 7) is -0.181. The third-order valence-electron chi connectivity index (χ3n) is 4.47. The highest BCUT2D eigenvalue weighted by atomic mass is 16.7.